The van der Waals surface area contributed by atoms with Gasteiger partial charge in [-0.3, -0.25) is 0 Å². The van der Waals surface area contributed by atoms with Crippen molar-refractivity contribution in [3.8, 4) is 22.8 Å². The van der Waals surface area contributed by atoms with E-state index in [4.69, 9.17) is 0 Å². The lowest BCUT2D eigenvalue weighted by Gasteiger charge is -2.12. The highest BCUT2D eigenvalue weighted by Gasteiger charge is 2.31. The second kappa shape index (κ2) is 8.03. The molecular weight excluding hydrogens is 373 g/mol. The zero-order chi connectivity index (χ0) is 20.1. The quantitative estimate of drug-likeness (QED) is 0.554. The lowest BCUT2D eigenvalue weighted by atomic mass is 10.1. The highest BCUT2D eigenvalue weighted by Crippen LogP contribution is 2.29. The fourth-order valence-corrected chi connectivity index (χ4v) is 2.48. The minimum absolute atomic E-state index is 0.0863. The number of phenols is 1. The molecule has 0 spiro atoms. The Morgan fingerprint density at radius 1 is 1.04 bits per heavy atom. The highest BCUT2D eigenvalue weighted by molar-refractivity contribution is 5.68. The van der Waals surface area contributed by atoms with Crippen LogP contribution in [0.5, 0.6) is 11.5 Å². The van der Waals surface area contributed by atoms with Crippen molar-refractivity contribution in [2.75, 3.05) is 17.2 Å². The Labute approximate surface area is 159 Å². The minimum atomic E-state index is -4.78. The number of nitrogens with one attached hydrogen (secondary N) is 2. The van der Waals surface area contributed by atoms with Crippen LogP contribution >= 0.6 is 0 Å². The van der Waals surface area contributed by atoms with Gasteiger partial charge < -0.3 is 20.5 Å². The summed E-state index contributed by atoms with van der Waals surface area (Å²) >= 11 is 0. The van der Waals surface area contributed by atoms with Gasteiger partial charge in [0.25, 0.3) is 0 Å². The molecule has 0 aliphatic heterocycles. The predicted molar refractivity (Wildman–Crippen MR) is 99.7 cm³/mol. The van der Waals surface area contributed by atoms with E-state index in [-0.39, 0.29) is 11.5 Å². The molecule has 0 radical (unpaired) electrons. The van der Waals surface area contributed by atoms with Gasteiger partial charge in [0, 0.05) is 29.9 Å². The van der Waals surface area contributed by atoms with Crippen LogP contribution in [0.3, 0.4) is 0 Å². The Morgan fingerprint density at radius 3 is 2.54 bits per heavy atom. The maximum Gasteiger partial charge on any atom is 0.573 e. The first-order chi connectivity index (χ1) is 13.3. The summed E-state index contributed by atoms with van der Waals surface area (Å²) in [5.74, 6) is 0.470. The predicted octanol–water partition coefficient (Wildman–Crippen LogP) is 4.92. The van der Waals surface area contributed by atoms with E-state index in [0.717, 1.165) is 0 Å². The molecule has 3 aromatic rings. The topological polar surface area (TPSA) is 79.3 Å². The van der Waals surface area contributed by atoms with Crippen LogP contribution in [-0.4, -0.2) is 28.0 Å². The molecular formula is C19H17F3N4O2. The fourth-order valence-electron chi connectivity index (χ4n) is 2.48. The van der Waals surface area contributed by atoms with Crippen molar-refractivity contribution in [2.24, 2.45) is 0 Å². The van der Waals surface area contributed by atoms with E-state index >= 15 is 0 Å². The van der Waals surface area contributed by atoms with Crippen LogP contribution in [0.25, 0.3) is 11.3 Å². The smallest absolute Gasteiger partial charge is 0.508 e. The average Bonchev–Trinajstić information content (AvgIpc) is 2.60. The summed E-state index contributed by atoms with van der Waals surface area (Å²) in [7, 11) is 0. The number of halogens is 3. The van der Waals surface area contributed by atoms with Crippen LogP contribution in [-0.2, 0) is 0 Å². The molecule has 3 rings (SSSR count). The monoisotopic (exact) mass is 390 g/mol. The van der Waals surface area contributed by atoms with E-state index in [1.807, 2.05) is 6.92 Å². The van der Waals surface area contributed by atoms with Gasteiger partial charge >= 0.3 is 6.36 Å². The molecule has 2 aromatic carbocycles. The number of rotatable bonds is 6. The largest absolute Gasteiger partial charge is 0.573 e. The van der Waals surface area contributed by atoms with Gasteiger partial charge in [0.2, 0.25) is 5.95 Å². The first-order valence-electron chi connectivity index (χ1n) is 8.37. The molecule has 146 valence electrons. The van der Waals surface area contributed by atoms with Crippen molar-refractivity contribution in [3.63, 3.8) is 0 Å². The molecule has 6 nitrogen and oxygen atoms in total. The summed E-state index contributed by atoms with van der Waals surface area (Å²) in [6.07, 6.45) is -4.78. The Bertz CT molecular complexity index is 964. The van der Waals surface area contributed by atoms with Gasteiger partial charge in [0.15, 0.2) is 0 Å². The Kier molecular flexibility index (Phi) is 5.53. The summed E-state index contributed by atoms with van der Waals surface area (Å²) in [5.41, 5.74) is 1.43. The standard InChI is InChI=1S/C19H17F3N4O2/c1-2-23-18-25-16(12-5-3-8-15(9-12)28-19(20,21)22)11-17(26-18)24-13-6-4-7-14(27)10-13/h3-11,27H,2H2,1H3,(H2,23,24,25,26). The number of aromatic hydroxyl groups is 1. The molecule has 0 fully saturated rings. The Balaban J connectivity index is 1.96. The van der Waals surface area contributed by atoms with Crippen LogP contribution in [0.4, 0.5) is 30.6 Å². The Hall–Kier alpha value is -3.49. The number of anilines is 3. The molecule has 0 saturated carbocycles. The normalized spacial score (nSPS) is 11.1. The van der Waals surface area contributed by atoms with Gasteiger partial charge in [0.05, 0.1) is 5.69 Å². The number of alkyl halides is 3. The molecule has 0 bridgehead atoms. The van der Waals surface area contributed by atoms with E-state index in [1.54, 1.807) is 24.3 Å². The second-order valence-corrected chi connectivity index (χ2v) is 5.74. The average molecular weight is 390 g/mol. The molecule has 1 heterocycles. The van der Waals surface area contributed by atoms with Gasteiger partial charge in [0.1, 0.15) is 17.3 Å². The van der Waals surface area contributed by atoms with Crippen molar-refractivity contribution in [1.29, 1.82) is 0 Å². The highest BCUT2D eigenvalue weighted by atomic mass is 19.4. The summed E-state index contributed by atoms with van der Waals surface area (Å²) in [6, 6.07) is 13.6. The molecule has 0 atom stereocenters. The third-order valence-corrected chi connectivity index (χ3v) is 3.54. The van der Waals surface area contributed by atoms with Gasteiger partial charge in [-0.05, 0) is 31.2 Å². The number of aromatic nitrogens is 2. The SMILES string of the molecule is CCNc1nc(Nc2cccc(O)c2)cc(-c2cccc(OC(F)(F)F)c2)n1. The van der Waals surface area contributed by atoms with Crippen molar-refractivity contribution in [3.05, 3.63) is 54.6 Å². The Morgan fingerprint density at radius 2 is 1.82 bits per heavy atom. The fraction of sp³-hybridized carbons (Fsp3) is 0.158. The molecule has 0 unspecified atom stereocenters. The summed E-state index contributed by atoms with van der Waals surface area (Å²) in [6.45, 7) is 2.43. The van der Waals surface area contributed by atoms with Crippen LogP contribution in [0.2, 0.25) is 0 Å². The zero-order valence-electron chi connectivity index (χ0n) is 14.8. The lowest BCUT2D eigenvalue weighted by molar-refractivity contribution is -0.274. The number of hydrogen-bond acceptors (Lipinski definition) is 6. The number of ether oxygens (including phenoxy) is 1. The number of nitrogens with zero attached hydrogens (tertiary/aromatic N) is 2. The van der Waals surface area contributed by atoms with Crippen LogP contribution in [0.15, 0.2) is 54.6 Å². The number of benzene rings is 2. The number of phenolic OH excluding ortho intramolecular Hbond substituents is 1. The first-order valence-corrected chi connectivity index (χ1v) is 8.37. The van der Waals surface area contributed by atoms with Crippen LogP contribution < -0.4 is 15.4 Å². The molecule has 28 heavy (non-hydrogen) atoms. The zero-order valence-corrected chi connectivity index (χ0v) is 14.8. The number of hydrogen-bond donors (Lipinski definition) is 3. The van der Waals surface area contributed by atoms with Crippen molar-refractivity contribution >= 4 is 17.5 Å². The van der Waals surface area contributed by atoms with E-state index in [2.05, 4.69) is 25.3 Å². The third kappa shape index (κ3) is 5.26. The lowest BCUT2D eigenvalue weighted by Crippen LogP contribution is -2.17. The summed E-state index contributed by atoms with van der Waals surface area (Å²) < 4.78 is 41.5. The van der Waals surface area contributed by atoms with Crippen molar-refractivity contribution in [1.82, 2.24) is 9.97 Å². The summed E-state index contributed by atoms with van der Waals surface area (Å²) in [4.78, 5) is 8.67. The van der Waals surface area contributed by atoms with Crippen LogP contribution in [0, 0.1) is 0 Å². The van der Waals surface area contributed by atoms with E-state index in [9.17, 15) is 18.3 Å². The van der Waals surface area contributed by atoms with E-state index in [1.165, 1.54) is 30.3 Å². The molecule has 0 aliphatic rings. The molecule has 0 aliphatic carbocycles. The van der Waals surface area contributed by atoms with Crippen molar-refractivity contribution < 1.29 is 23.0 Å². The van der Waals surface area contributed by atoms with Gasteiger partial charge in [-0.1, -0.05) is 18.2 Å². The van der Waals surface area contributed by atoms with Crippen LogP contribution in [0.1, 0.15) is 6.92 Å². The van der Waals surface area contributed by atoms with Gasteiger partial charge in [-0.2, -0.15) is 4.98 Å². The van der Waals surface area contributed by atoms with Crippen molar-refractivity contribution in [2.45, 2.75) is 13.3 Å². The third-order valence-electron chi connectivity index (χ3n) is 3.54. The maximum absolute atomic E-state index is 12.5. The van der Waals surface area contributed by atoms with Gasteiger partial charge in [-0.15, -0.1) is 13.2 Å². The summed E-state index contributed by atoms with van der Waals surface area (Å²) in [5, 5.41) is 15.6. The molecule has 0 amide bonds. The molecule has 3 N–H and O–H groups in total. The van der Waals surface area contributed by atoms with E-state index in [0.29, 0.717) is 35.3 Å². The molecule has 9 heteroatoms. The van der Waals surface area contributed by atoms with Gasteiger partial charge in [-0.25, -0.2) is 4.98 Å². The first kappa shape index (κ1) is 19.3. The maximum atomic E-state index is 12.5. The minimum Gasteiger partial charge on any atom is -0.508 e. The molecule has 1 aromatic heterocycles. The molecule has 0 saturated heterocycles. The van der Waals surface area contributed by atoms with E-state index < -0.39 is 6.36 Å². The second-order valence-electron chi connectivity index (χ2n) is 5.74.